The minimum absolute atomic E-state index is 0.0109. The summed E-state index contributed by atoms with van der Waals surface area (Å²) >= 11 is 0. The molecule has 4 rings (SSSR count). The minimum atomic E-state index is -0.0109. The van der Waals surface area contributed by atoms with Crippen molar-refractivity contribution in [3.8, 4) is 0 Å². The van der Waals surface area contributed by atoms with E-state index in [0.717, 1.165) is 38.5 Å². The third-order valence-corrected chi connectivity index (χ3v) is 4.82. The SMILES string of the molecule is O=C(C[C@@H]1CC[C@H]2O[C@@H]2C1)O[C@@H]1CC[C@H]2O[C@@H]2C1. The van der Waals surface area contributed by atoms with Gasteiger partial charge in [0.1, 0.15) is 6.10 Å². The van der Waals surface area contributed by atoms with E-state index in [4.69, 9.17) is 14.2 Å². The number of ether oxygens (including phenoxy) is 3. The van der Waals surface area contributed by atoms with Crippen molar-refractivity contribution in [2.24, 2.45) is 5.92 Å². The fourth-order valence-corrected chi connectivity index (χ4v) is 3.62. The average Bonchev–Trinajstić information content (AvgIpc) is 3.22. The summed E-state index contributed by atoms with van der Waals surface area (Å²) < 4.78 is 16.5. The van der Waals surface area contributed by atoms with Gasteiger partial charge in [-0.05, 0) is 38.0 Å². The smallest absolute Gasteiger partial charge is 0.306 e. The fourth-order valence-electron chi connectivity index (χ4n) is 3.62. The van der Waals surface area contributed by atoms with E-state index in [1.54, 1.807) is 0 Å². The standard InChI is InChI=1S/C14H20O4/c15-14(6-8-1-3-10-12(5-8)17-10)16-9-2-4-11-13(7-9)18-11/h8-13H,1-7H2/t8-,9-,10-,11-,12-,13-/m1/s1. The predicted molar refractivity (Wildman–Crippen MR) is 63.0 cm³/mol. The van der Waals surface area contributed by atoms with E-state index in [0.29, 0.717) is 36.8 Å². The Balaban J connectivity index is 1.23. The molecule has 2 saturated heterocycles. The van der Waals surface area contributed by atoms with Gasteiger partial charge in [0.2, 0.25) is 0 Å². The molecule has 4 aliphatic rings. The van der Waals surface area contributed by atoms with Crippen LogP contribution >= 0.6 is 0 Å². The predicted octanol–water partition coefficient (Wildman–Crippen LogP) is 1.81. The van der Waals surface area contributed by atoms with Crippen molar-refractivity contribution in [2.75, 3.05) is 0 Å². The molecule has 2 aliphatic heterocycles. The lowest BCUT2D eigenvalue weighted by Gasteiger charge is -2.22. The number of carbonyl (C=O) groups is 1. The van der Waals surface area contributed by atoms with E-state index in [1.807, 2.05) is 0 Å². The van der Waals surface area contributed by atoms with Crippen LogP contribution in [0.4, 0.5) is 0 Å². The second kappa shape index (κ2) is 4.20. The molecular weight excluding hydrogens is 232 g/mol. The summed E-state index contributed by atoms with van der Waals surface area (Å²) in [5.74, 6) is 0.470. The van der Waals surface area contributed by atoms with Crippen LogP contribution in [0.2, 0.25) is 0 Å². The molecule has 100 valence electrons. The molecule has 0 bridgehead atoms. The molecule has 0 amide bonds. The Morgan fingerprint density at radius 1 is 0.944 bits per heavy atom. The van der Waals surface area contributed by atoms with E-state index in [9.17, 15) is 4.79 Å². The van der Waals surface area contributed by atoms with Crippen LogP contribution < -0.4 is 0 Å². The van der Waals surface area contributed by atoms with Crippen LogP contribution in [0.1, 0.15) is 44.9 Å². The molecule has 4 fully saturated rings. The molecule has 4 heteroatoms. The highest BCUT2D eigenvalue weighted by Gasteiger charge is 2.46. The Morgan fingerprint density at radius 2 is 1.67 bits per heavy atom. The van der Waals surface area contributed by atoms with Crippen LogP contribution in [-0.4, -0.2) is 36.5 Å². The zero-order valence-electron chi connectivity index (χ0n) is 10.5. The van der Waals surface area contributed by atoms with Crippen LogP contribution in [0.5, 0.6) is 0 Å². The van der Waals surface area contributed by atoms with Gasteiger partial charge in [-0.15, -0.1) is 0 Å². The maximum Gasteiger partial charge on any atom is 0.306 e. The Labute approximate surface area is 107 Å². The molecule has 0 N–H and O–H groups in total. The first-order chi connectivity index (χ1) is 8.78. The Morgan fingerprint density at radius 3 is 2.39 bits per heavy atom. The van der Waals surface area contributed by atoms with Gasteiger partial charge < -0.3 is 14.2 Å². The molecule has 2 aliphatic carbocycles. The lowest BCUT2D eigenvalue weighted by atomic mass is 9.87. The van der Waals surface area contributed by atoms with Crippen molar-refractivity contribution in [1.82, 2.24) is 0 Å². The van der Waals surface area contributed by atoms with Crippen molar-refractivity contribution in [1.29, 1.82) is 0 Å². The fraction of sp³-hybridized carbons (Fsp3) is 0.929. The lowest BCUT2D eigenvalue weighted by molar-refractivity contribution is -0.151. The summed E-state index contributed by atoms with van der Waals surface area (Å²) in [6.07, 6.45) is 8.76. The summed E-state index contributed by atoms with van der Waals surface area (Å²) in [4.78, 5) is 11.9. The number of esters is 1. The van der Waals surface area contributed by atoms with Crippen LogP contribution in [0, 0.1) is 5.92 Å². The molecule has 2 saturated carbocycles. The van der Waals surface area contributed by atoms with Crippen LogP contribution in [0.25, 0.3) is 0 Å². The van der Waals surface area contributed by atoms with Gasteiger partial charge in [0, 0.05) is 12.8 Å². The summed E-state index contributed by atoms with van der Waals surface area (Å²) in [5.41, 5.74) is 0. The van der Waals surface area contributed by atoms with Crippen molar-refractivity contribution in [2.45, 2.75) is 75.5 Å². The van der Waals surface area contributed by atoms with E-state index in [1.165, 1.54) is 0 Å². The van der Waals surface area contributed by atoms with Gasteiger partial charge in [0.15, 0.2) is 0 Å². The van der Waals surface area contributed by atoms with Crippen LogP contribution in [0.3, 0.4) is 0 Å². The van der Waals surface area contributed by atoms with Crippen molar-refractivity contribution >= 4 is 5.97 Å². The number of epoxide rings is 2. The zero-order chi connectivity index (χ0) is 12.1. The number of rotatable bonds is 3. The first-order valence-corrected chi connectivity index (χ1v) is 7.28. The maximum atomic E-state index is 11.9. The first kappa shape index (κ1) is 11.2. The largest absolute Gasteiger partial charge is 0.462 e. The highest BCUT2D eigenvalue weighted by molar-refractivity contribution is 5.70. The second-order valence-electron chi connectivity index (χ2n) is 6.23. The molecular formula is C14H20O4. The first-order valence-electron chi connectivity index (χ1n) is 7.28. The van der Waals surface area contributed by atoms with E-state index >= 15 is 0 Å². The Hall–Kier alpha value is -0.610. The topological polar surface area (TPSA) is 51.4 Å². The summed E-state index contributed by atoms with van der Waals surface area (Å²) in [5, 5.41) is 0. The Kier molecular flexibility index (Phi) is 2.62. The van der Waals surface area contributed by atoms with Gasteiger partial charge in [-0.2, -0.15) is 0 Å². The van der Waals surface area contributed by atoms with E-state index in [2.05, 4.69) is 0 Å². The maximum absolute atomic E-state index is 11.9. The molecule has 0 aromatic heterocycles. The van der Waals surface area contributed by atoms with Gasteiger partial charge in [-0.1, -0.05) is 0 Å². The molecule has 0 spiro atoms. The summed E-state index contributed by atoms with van der Waals surface area (Å²) in [7, 11) is 0. The van der Waals surface area contributed by atoms with Crippen molar-refractivity contribution < 1.29 is 19.0 Å². The van der Waals surface area contributed by atoms with Gasteiger partial charge >= 0.3 is 5.97 Å². The Bertz CT molecular complexity index is 324. The van der Waals surface area contributed by atoms with Crippen LogP contribution in [0.15, 0.2) is 0 Å². The third-order valence-electron chi connectivity index (χ3n) is 4.82. The molecule has 0 aromatic carbocycles. The van der Waals surface area contributed by atoms with Crippen molar-refractivity contribution in [3.05, 3.63) is 0 Å². The second-order valence-corrected chi connectivity index (χ2v) is 6.23. The molecule has 0 aromatic rings. The molecule has 18 heavy (non-hydrogen) atoms. The average molecular weight is 252 g/mol. The monoisotopic (exact) mass is 252 g/mol. The number of hydrogen-bond acceptors (Lipinski definition) is 4. The number of hydrogen-bond donors (Lipinski definition) is 0. The zero-order valence-corrected chi connectivity index (χ0v) is 10.5. The highest BCUT2D eigenvalue weighted by atomic mass is 16.6. The van der Waals surface area contributed by atoms with Gasteiger partial charge in [0.05, 0.1) is 24.4 Å². The van der Waals surface area contributed by atoms with E-state index in [-0.39, 0.29) is 12.1 Å². The van der Waals surface area contributed by atoms with Crippen molar-refractivity contribution in [3.63, 3.8) is 0 Å². The minimum Gasteiger partial charge on any atom is -0.462 e. The molecule has 2 heterocycles. The van der Waals surface area contributed by atoms with Gasteiger partial charge in [-0.25, -0.2) is 0 Å². The molecule has 4 nitrogen and oxygen atoms in total. The van der Waals surface area contributed by atoms with Gasteiger partial charge in [0.25, 0.3) is 0 Å². The van der Waals surface area contributed by atoms with Crippen LogP contribution in [-0.2, 0) is 19.0 Å². The summed E-state index contributed by atoms with van der Waals surface area (Å²) in [6.45, 7) is 0. The third kappa shape index (κ3) is 2.28. The van der Waals surface area contributed by atoms with Gasteiger partial charge in [-0.3, -0.25) is 4.79 Å². The number of carbonyl (C=O) groups excluding carboxylic acids is 1. The number of fused-ring (bicyclic) bond motifs is 2. The highest BCUT2D eigenvalue weighted by Crippen LogP contribution is 2.41. The van der Waals surface area contributed by atoms with E-state index < -0.39 is 0 Å². The quantitative estimate of drug-likeness (QED) is 0.568. The molecule has 0 radical (unpaired) electrons. The molecule has 0 unspecified atom stereocenters. The molecule has 6 atom stereocenters. The normalized spacial score (nSPS) is 48.9. The lowest BCUT2D eigenvalue weighted by Crippen LogP contribution is -2.26. The summed E-state index contributed by atoms with van der Waals surface area (Å²) in [6, 6.07) is 0.